The molecular weight excluding hydrogens is 265 g/mol. The van der Waals surface area contributed by atoms with Gasteiger partial charge in [0.15, 0.2) is 0 Å². The Morgan fingerprint density at radius 1 is 1.14 bits per heavy atom. The van der Waals surface area contributed by atoms with Crippen LogP contribution >= 0.6 is 0 Å². The van der Waals surface area contributed by atoms with Crippen LogP contribution in [0.4, 0.5) is 10.1 Å². The molecule has 2 rings (SSSR count). The molecule has 2 aromatic rings. The fourth-order valence-corrected chi connectivity index (χ4v) is 2.22. The number of ether oxygens (including phenoxy) is 1. The number of anilines is 1. The van der Waals surface area contributed by atoms with Gasteiger partial charge in [0.25, 0.3) is 0 Å². The molecule has 112 valence electrons. The molecule has 0 fully saturated rings. The lowest BCUT2D eigenvalue weighted by molar-refractivity contribution is 0.317. The SMILES string of the molecule is CCCOc1ccc(NC(C)Cc2cccc(F)c2)cc1. The first-order valence-electron chi connectivity index (χ1n) is 7.41. The molecule has 21 heavy (non-hydrogen) atoms. The van der Waals surface area contributed by atoms with E-state index in [0.29, 0.717) is 0 Å². The number of rotatable bonds is 7. The first kappa shape index (κ1) is 15.4. The number of halogens is 1. The van der Waals surface area contributed by atoms with Crippen molar-refractivity contribution in [3.63, 3.8) is 0 Å². The first-order chi connectivity index (χ1) is 10.2. The minimum Gasteiger partial charge on any atom is -0.494 e. The van der Waals surface area contributed by atoms with E-state index >= 15 is 0 Å². The van der Waals surface area contributed by atoms with Crippen LogP contribution in [0.1, 0.15) is 25.8 Å². The molecular formula is C18H22FNO. The Balaban J connectivity index is 1.88. The smallest absolute Gasteiger partial charge is 0.123 e. The Labute approximate surface area is 126 Å². The van der Waals surface area contributed by atoms with Crippen molar-refractivity contribution in [3.05, 3.63) is 59.9 Å². The highest BCUT2D eigenvalue weighted by molar-refractivity contribution is 5.47. The number of nitrogens with one attached hydrogen (secondary N) is 1. The van der Waals surface area contributed by atoms with Crippen LogP contribution in [0.15, 0.2) is 48.5 Å². The number of benzene rings is 2. The summed E-state index contributed by atoms with van der Waals surface area (Å²) in [6, 6.07) is 14.9. The van der Waals surface area contributed by atoms with Gasteiger partial charge in [-0.2, -0.15) is 0 Å². The zero-order valence-electron chi connectivity index (χ0n) is 12.6. The molecule has 0 amide bonds. The highest BCUT2D eigenvalue weighted by atomic mass is 19.1. The maximum atomic E-state index is 13.2. The molecule has 1 N–H and O–H groups in total. The predicted octanol–water partition coefficient (Wildman–Crippen LogP) is 4.66. The minimum atomic E-state index is -0.183. The number of hydrogen-bond acceptors (Lipinski definition) is 2. The van der Waals surface area contributed by atoms with E-state index in [-0.39, 0.29) is 11.9 Å². The maximum Gasteiger partial charge on any atom is 0.123 e. The highest BCUT2D eigenvalue weighted by Gasteiger charge is 2.05. The third-order valence-corrected chi connectivity index (χ3v) is 3.17. The summed E-state index contributed by atoms with van der Waals surface area (Å²) in [5.41, 5.74) is 2.04. The Hall–Kier alpha value is -2.03. The van der Waals surface area contributed by atoms with Crippen molar-refractivity contribution in [1.29, 1.82) is 0 Å². The molecule has 0 aliphatic heterocycles. The average molecular weight is 287 g/mol. The quantitative estimate of drug-likeness (QED) is 0.800. The van der Waals surface area contributed by atoms with Crippen molar-refractivity contribution in [2.75, 3.05) is 11.9 Å². The predicted molar refractivity (Wildman–Crippen MR) is 85.4 cm³/mol. The van der Waals surface area contributed by atoms with Gasteiger partial charge in [-0.15, -0.1) is 0 Å². The summed E-state index contributed by atoms with van der Waals surface area (Å²) in [7, 11) is 0. The van der Waals surface area contributed by atoms with Crippen LogP contribution in [0.3, 0.4) is 0 Å². The second kappa shape index (κ2) is 7.67. The summed E-state index contributed by atoms with van der Waals surface area (Å²) in [6.07, 6.45) is 1.79. The fourth-order valence-electron chi connectivity index (χ4n) is 2.22. The van der Waals surface area contributed by atoms with Crippen LogP contribution in [0.25, 0.3) is 0 Å². The van der Waals surface area contributed by atoms with Gasteiger partial charge in [0.05, 0.1) is 6.61 Å². The lowest BCUT2D eigenvalue weighted by Gasteiger charge is -2.16. The molecule has 0 aliphatic rings. The Bertz CT molecular complexity index is 553. The van der Waals surface area contributed by atoms with Gasteiger partial charge in [0.1, 0.15) is 11.6 Å². The van der Waals surface area contributed by atoms with Crippen molar-refractivity contribution < 1.29 is 9.13 Å². The van der Waals surface area contributed by atoms with Gasteiger partial charge in [0, 0.05) is 11.7 Å². The Kier molecular flexibility index (Phi) is 5.61. The molecule has 2 nitrogen and oxygen atoms in total. The van der Waals surface area contributed by atoms with Crippen LogP contribution in [0.5, 0.6) is 5.75 Å². The monoisotopic (exact) mass is 287 g/mol. The molecule has 0 saturated carbocycles. The van der Waals surface area contributed by atoms with Gasteiger partial charge >= 0.3 is 0 Å². The van der Waals surface area contributed by atoms with Crippen LogP contribution in [0.2, 0.25) is 0 Å². The molecule has 0 radical (unpaired) electrons. The van der Waals surface area contributed by atoms with Gasteiger partial charge in [0.2, 0.25) is 0 Å². The molecule has 0 heterocycles. The molecule has 1 atom stereocenters. The van der Waals surface area contributed by atoms with Gasteiger partial charge in [-0.05, 0) is 61.7 Å². The van der Waals surface area contributed by atoms with Gasteiger partial charge < -0.3 is 10.1 Å². The number of hydrogen-bond donors (Lipinski definition) is 1. The molecule has 2 aromatic carbocycles. The van der Waals surface area contributed by atoms with Crippen LogP contribution < -0.4 is 10.1 Å². The summed E-state index contributed by atoms with van der Waals surface area (Å²) < 4.78 is 18.7. The normalized spacial score (nSPS) is 12.0. The van der Waals surface area contributed by atoms with E-state index in [1.807, 2.05) is 30.3 Å². The van der Waals surface area contributed by atoms with Gasteiger partial charge in [-0.3, -0.25) is 0 Å². The van der Waals surface area contributed by atoms with Crippen molar-refractivity contribution in [2.45, 2.75) is 32.7 Å². The van der Waals surface area contributed by atoms with E-state index in [1.165, 1.54) is 6.07 Å². The maximum absolute atomic E-state index is 13.2. The van der Waals surface area contributed by atoms with E-state index in [9.17, 15) is 4.39 Å². The van der Waals surface area contributed by atoms with Crippen molar-refractivity contribution >= 4 is 5.69 Å². The lowest BCUT2D eigenvalue weighted by Crippen LogP contribution is -2.18. The molecule has 3 heteroatoms. The van der Waals surface area contributed by atoms with Gasteiger partial charge in [-0.1, -0.05) is 19.1 Å². The van der Waals surface area contributed by atoms with Crippen molar-refractivity contribution in [2.24, 2.45) is 0 Å². The molecule has 0 aliphatic carbocycles. The highest BCUT2D eigenvalue weighted by Crippen LogP contribution is 2.17. The molecule has 0 bridgehead atoms. The Morgan fingerprint density at radius 3 is 2.57 bits per heavy atom. The average Bonchev–Trinajstić information content (AvgIpc) is 2.46. The zero-order chi connectivity index (χ0) is 15.1. The van der Waals surface area contributed by atoms with E-state index in [2.05, 4.69) is 19.2 Å². The first-order valence-corrected chi connectivity index (χ1v) is 7.41. The van der Waals surface area contributed by atoms with Gasteiger partial charge in [-0.25, -0.2) is 4.39 Å². The fraction of sp³-hybridized carbons (Fsp3) is 0.333. The zero-order valence-corrected chi connectivity index (χ0v) is 12.6. The minimum absolute atomic E-state index is 0.183. The van der Waals surface area contributed by atoms with E-state index in [0.717, 1.165) is 36.4 Å². The second-order valence-electron chi connectivity index (χ2n) is 5.25. The standard InChI is InChI=1S/C18H22FNO/c1-3-11-21-18-9-7-17(8-10-18)20-14(2)12-15-5-4-6-16(19)13-15/h4-10,13-14,20H,3,11-12H2,1-2H3. The summed E-state index contributed by atoms with van der Waals surface area (Å²) in [6.45, 7) is 4.92. The summed E-state index contributed by atoms with van der Waals surface area (Å²) in [4.78, 5) is 0. The van der Waals surface area contributed by atoms with E-state index < -0.39 is 0 Å². The third kappa shape index (κ3) is 5.10. The lowest BCUT2D eigenvalue weighted by atomic mass is 10.1. The van der Waals surface area contributed by atoms with Crippen molar-refractivity contribution in [1.82, 2.24) is 0 Å². The topological polar surface area (TPSA) is 21.3 Å². The molecule has 0 aromatic heterocycles. The molecule has 1 unspecified atom stereocenters. The summed E-state index contributed by atoms with van der Waals surface area (Å²) >= 11 is 0. The van der Waals surface area contributed by atoms with E-state index in [1.54, 1.807) is 12.1 Å². The largest absolute Gasteiger partial charge is 0.494 e. The van der Waals surface area contributed by atoms with Crippen LogP contribution in [-0.4, -0.2) is 12.6 Å². The third-order valence-electron chi connectivity index (χ3n) is 3.17. The van der Waals surface area contributed by atoms with Crippen LogP contribution in [-0.2, 0) is 6.42 Å². The summed E-state index contributed by atoms with van der Waals surface area (Å²) in [5, 5.41) is 3.42. The summed E-state index contributed by atoms with van der Waals surface area (Å²) in [5.74, 6) is 0.706. The van der Waals surface area contributed by atoms with Crippen LogP contribution in [0, 0.1) is 5.82 Å². The second-order valence-corrected chi connectivity index (χ2v) is 5.25. The molecule has 0 spiro atoms. The van der Waals surface area contributed by atoms with Crippen molar-refractivity contribution in [3.8, 4) is 5.75 Å². The Morgan fingerprint density at radius 2 is 1.90 bits per heavy atom. The van der Waals surface area contributed by atoms with E-state index in [4.69, 9.17) is 4.74 Å². The molecule has 0 saturated heterocycles.